The topological polar surface area (TPSA) is 47.0 Å². The first-order valence-electron chi connectivity index (χ1n) is 5.72. The molecule has 94 valence electrons. The van der Waals surface area contributed by atoms with Crippen molar-refractivity contribution in [2.45, 2.75) is 32.8 Å². The molecule has 1 fully saturated rings. The highest BCUT2D eigenvalue weighted by atomic mass is 127. The molecule has 0 spiro atoms. The predicted molar refractivity (Wildman–Crippen MR) is 76.1 cm³/mol. The Morgan fingerprint density at radius 1 is 1.47 bits per heavy atom. The summed E-state index contributed by atoms with van der Waals surface area (Å²) in [4.78, 5) is 9.25. The molecule has 2 rings (SSSR count). The maximum atomic E-state index is 5.19. The molecular weight excluding hydrogens is 329 g/mol. The van der Waals surface area contributed by atoms with Crippen LogP contribution >= 0.6 is 22.6 Å². The molecule has 0 radical (unpaired) electrons. The van der Waals surface area contributed by atoms with E-state index in [-0.39, 0.29) is 0 Å². The van der Waals surface area contributed by atoms with Gasteiger partial charge in [0.2, 0.25) is 0 Å². The van der Waals surface area contributed by atoms with Gasteiger partial charge >= 0.3 is 0 Å². The number of ether oxygens (including phenoxy) is 1. The lowest BCUT2D eigenvalue weighted by molar-refractivity contribution is 0.180. The van der Waals surface area contributed by atoms with Crippen LogP contribution in [0, 0.1) is 8.99 Å². The van der Waals surface area contributed by atoms with Crippen molar-refractivity contribution in [2.24, 2.45) is 5.41 Å². The summed E-state index contributed by atoms with van der Waals surface area (Å²) < 4.78 is 6.24. The van der Waals surface area contributed by atoms with Crippen molar-refractivity contribution in [3.63, 3.8) is 0 Å². The molecule has 1 heterocycles. The second-order valence-electron chi connectivity index (χ2n) is 5.12. The maximum Gasteiger partial charge on any atom is 0.143 e. The predicted octanol–water partition coefficient (Wildman–Crippen LogP) is 2.78. The highest BCUT2D eigenvalue weighted by Gasteiger charge is 2.48. The van der Waals surface area contributed by atoms with Gasteiger partial charge in [0.05, 0.1) is 15.9 Å². The fourth-order valence-electron chi connectivity index (χ4n) is 1.97. The van der Waals surface area contributed by atoms with Gasteiger partial charge in [0.25, 0.3) is 0 Å². The molecule has 1 atom stereocenters. The van der Waals surface area contributed by atoms with Crippen LogP contribution in [0.2, 0.25) is 0 Å². The third-order valence-corrected chi connectivity index (χ3v) is 4.41. The fraction of sp³-hybridized carbons (Fsp3) is 0.667. The van der Waals surface area contributed by atoms with E-state index in [0.717, 1.165) is 20.9 Å². The molecule has 0 saturated heterocycles. The van der Waals surface area contributed by atoms with Gasteiger partial charge in [0, 0.05) is 20.1 Å². The summed E-state index contributed by atoms with van der Waals surface area (Å²) in [7, 11) is 3.58. The van der Waals surface area contributed by atoms with Crippen molar-refractivity contribution in [1.82, 2.24) is 9.97 Å². The zero-order valence-corrected chi connectivity index (χ0v) is 12.8. The quantitative estimate of drug-likeness (QED) is 0.851. The molecule has 1 aliphatic carbocycles. The minimum atomic E-state index is 0.349. The van der Waals surface area contributed by atoms with Crippen molar-refractivity contribution in [3.8, 4) is 0 Å². The largest absolute Gasteiger partial charge is 0.378 e. The standard InChI is InChI=1S/C12H18IN3O/c1-12(2)5-7(12)10-15-8(6-17-4)9(13)11(14-3)16-10/h7H,5-6H2,1-4H3,(H,14,15,16). The number of nitrogens with zero attached hydrogens (tertiary/aromatic N) is 2. The molecule has 0 aliphatic heterocycles. The number of methoxy groups -OCH3 is 1. The Morgan fingerprint density at radius 2 is 2.12 bits per heavy atom. The molecule has 5 heteroatoms. The molecule has 1 aromatic rings. The van der Waals surface area contributed by atoms with Gasteiger partial charge in [0.1, 0.15) is 11.6 Å². The van der Waals surface area contributed by atoms with E-state index in [1.165, 1.54) is 6.42 Å². The Balaban J connectivity index is 2.37. The highest BCUT2D eigenvalue weighted by Crippen LogP contribution is 2.57. The Labute approximate surface area is 116 Å². The van der Waals surface area contributed by atoms with E-state index in [1.807, 2.05) is 7.05 Å². The average Bonchev–Trinajstić information content (AvgIpc) is 2.91. The van der Waals surface area contributed by atoms with Gasteiger partial charge < -0.3 is 10.1 Å². The molecule has 17 heavy (non-hydrogen) atoms. The van der Waals surface area contributed by atoms with E-state index in [4.69, 9.17) is 4.74 Å². The van der Waals surface area contributed by atoms with E-state index in [9.17, 15) is 0 Å². The molecule has 0 bridgehead atoms. The third-order valence-electron chi connectivity index (χ3n) is 3.28. The van der Waals surface area contributed by atoms with Crippen LogP contribution in [0.15, 0.2) is 0 Å². The summed E-state index contributed by atoms with van der Waals surface area (Å²) in [6.07, 6.45) is 1.17. The van der Waals surface area contributed by atoms with Crippen molar-refractivity contribution in [2.75, 3.05) is 19.5 Å². The van der Waals surface area contributed by atoms with E-state index in [0.29, 0.717) is 17.9 Å². The van der Waals surface area contributed by atoms with Crippen molar-refractivity contribution in [3.05, 3.63) is 15.1 Å². The third kappa shape index (κ3) is 2.54. The van der Waals surface area contributed by atoms with Crippen LogP contribution in [0.25, 0.3) is 0 Å². The van der Waals surface area contributed by atoms with E-state index in [1.54, 1.807) is 7.11 Å². The smallest absolute Gasteiger partial charge is 0.143 e. The molecule has 0 amide bonds. The van der Waals surface area contributed by atoms with Gasteiger partial charge in [-0.15, -0.1) is 0 Å². The van der Waals surface area contributed by atoms with Gasteiger partial charge in [0.15, 0.2) is 0 Å². The van der Waals surface area contributed by atoms with Crippen LogP contribution in [-0.4, -0.2) is 24.1 Å². The molecule has 1 N–H and O–H groups in total. The van der Waals surface area contributed by atoms with E-state index in [2.05, 4.69) is 51.7 Å². The first-order valence-corrected chi connectivity index (χ1v) is 6.80. The zero-order valence-electron chi connectivity index (χ0n) is 10.7. The Kier molecular flexibility index (Phi) is 3.58. The first-order chi connectivity index (χ1) is 7.99. The van der Waals surface area contributed by atoms with Crippen LogP contribution in [0.5, 0.6) is 0 Å². The summed E-state index contributed by atoms with van der Waals surface area (Å²) in [5.74, 6) is 2.35. The second kappa shape index (κ2) is 4.68. The van der Waals surface area contributed by atoms with Gasteiger partial charge in [-0.1, -0.05) is 13.8 Å². The number of halogens is 1. The summed E-state index contributed by atoms with van der Waals surface area (Å²) in [6, 6.07) is 0. The Bertz CT molecular complexity index is 434. The number of anilines is 1. The first kappa shape index (κ1) is 13.0. The van der Waals surface area contributed by atoms with Crippen LogP contribution in [0.4, 0.5) is 5.82 Å². The maximum absolute atomic E-state index is 5.19. The second-order valence-corrected chi connectivity index (χ2v) is 6.20. The Hall–Kier alpha value is -0.430. The Morgan fingerprint density at radius 3 is 2.59 bits per heavy atom. The normalized spacial score (nSPS) is 21.4. The number of nitrogens with one attached hydrogen (secondary N) is 1. The van der Waals surface area contributed by atoms with Crippen LogP contribution in [0.3, 0.4) is 0 Å². The monoisotopic (exact) mass is 347 g/mol. The summed E-state index contributed by atoms with van der Waals surface area (Å²) >= 11 is 2.27. The fourth-order valence-corrected chi connectivity index (χ4v) is 2.64. The van der Waals surface area contributed by atoms with E-state index >= 15 is 0 Å². The van der Waals surface area contributed by atoms with Crippen molar-refractivity contribution >= 4 is 28.4 Å². The lowest BCUT2D eigenvalue weighted by atomic mass is 10.1. The molecule has 1 saturated carbocycles. The molecule has 1 aromatic heterocycles. The SMILES string of the molecule is CNc1nc(C2CC2(C)C)nc(COC)c1I. The van der Waals surface area contributed by atoms with Crippen molar-refractivity contribution in [1.29, 1.82) is 0 Å². The molecule has 1 aliphatic rings. The minimum Gasteiger partial charge on any atom is -0.378 e. The number of hydrogen-bond acceptors (Lipinski definition) is 4. The molecule has 0 aromatic carbocycles. The summed E-state index contributed by atoms with van der Waals surface area (Å²) in [5.41, 5.74) is 1.33. The average molecular weight is 347 g/mol. The van der Waals surface area contributed by atoms with Crippen LogP contribution < -0.4 is 5.32 Å². The van der Waals surface area contributed by atoms with Crippen molar-refractivity contribution < 1.29 is 4.74 Å². The van der Waals surface area contributed by atoms with Gasteiger partial charge in [-0.2, -0.15) is 0 Å². The molecule has 1 unspecified atom stereocenters. The summed E-state index contributed by atoms with van der Waals surface area (Å²) in [5, 5.41) is 3.13. The minimum absolute atomic E-state index is 0.349. The van der Waals surface area contributed by atoms with E-state index < -0.39 is 0 Å². The lowest BCUT2D eigenvalue weighted by Gasteiger charge is -2.11. The lowest BCUT2D eigenvalue weighted by Crippen LogP contribution is -2.09. The van der Waals surface area contributed by atoms with Gasteiger partial charge in [-0.05, 0) is 34.4 Å². The number of rotatable bonds is 4. The number of hydrogen-bond donors (Lipinski definition) is 1. The summed E-state index contributed by atoms with van der Waals surface area (Å²) in [6.45, 7) is 5.05. The molecular formula is C12H18IN3O. The highest BCUT2D eigenvalue weighted by molar-refractivity contribution is 14.1. The molecule has 4 nitrogen and oxygen atoms in total. The number of aromatic nitrogens is 2. The van der Waals surface area contributed by atoms with Gasteiger partial charge in [-0.3, -0.25) is 0 Å². The van der Waals surface area contributed by atoms with Crippen LogP contribution in [0.1, 0.15) is 37.7 Å². The van der Waals surface area contributed by atoms with Gasteiger partial charge in [-0.25, -0.2) is 9.97 Å². The zero-order chi connectivity index (χ0) is 12.6. The van der Waals surface area contributed by atoms with Crippen LogP contribution in [-0.2, 0) is 11.3 Å².